The second-order valence-corrected chi connectivity index (χ2v) is 5.28. The molecule has 1 aromatic heterocycles. The average molecular weight is 289 g/mol. The standard InChI is InChI=1S/C15H19N3O3/c1-10-5-4-6-11(9-10)12-13(19)16-15(21)18(14(12)20)8-7-17(2)3/h4-6,9,20H,7-8H2,1-3H3,(H,16,19,21). The van der Waals surface area contributed by atoms with E-state index >= 15 is 0 Å². The smallest absolute Gasteiger partial charge is 0.331 e. The van der Waals surface area contributed by atoms with Crippen molar-refractivity contribution in [3.8, 4) is 17.0 Å². The molecule has 0 saturated carbocycles. The second-order valence-electron chi connectivity index (χ2n) is 5.28. The minimum atomic E-state index is -0.601. The lowest BCUT2D eigenvalue weighted by atomic mass is 10.1. The minimum absolute atomic E-state index is 0.122. The summed E-state index contributed by atoms with van der Waals surface area (Å²) in [5.41, 5.74) is 0.502. The lowest BCUT2D eigenvalue weighted by Gasteiger charge is -2.14. The van der Waals surface area contributed by atoms with E-state index in [0.717, 1.165) is 5.56 Å². The number of benzene rings is 1. The molecule has 112 valence electrons. The van der Waals surface area contributed by atoms with Crippen LogP contribution in [0.3, 0.4) is 0 Å². The molecule has 0 radical (unpaired) electrons. The summed E-state index contributed by atoms with van der Waals surface area (Å²) >= 11 is 0. The van der Waals surface area contributed by atoms with Gasteiger partial charge in [-0.15, -0.1) is 0 Å². The highest BCUT2D eigenvalue weighted by atomic mass is 16.3. The maximum atomic E-state index is 12.0. The molecule has 0 fully saturated rings. The Bertz CT molecular complexity index is 759. The van der Waals surface area contributed by atoms with Crippen LogP contribution < -0.4 is 11.2 Å². The number of H-pyrrole nitrogens is 1. The van der Waals surface area contributed by atoms with Crippen LogP contribution >= 0.6 is 0 Å². The van der Waals surface area contributed by atoms with Gasteiger partial charge in [0, 0.05) is 13.1 Å². The van der Waals surface area contributed by atoms with E-state index < -0.39 is 11.2 Å². The Balaban J connectivity index is 2.59. The van der Waals surface area contributed by atoms with Crippen LogP contribution in [-0.2, 0) is 6.54 Å². The first-order valence-corrected chi connectivity index (χ1v) is 6.68. The molecule has 2 aromatic rings. The van der Waals surface area contributed by atoms with Gasteiger partial charge < -0.3 is 10.0 Å². The molecule has 1 heterocycles. The highest BCUT2D eigenvalue weighted by Gasteiger charge is 2.16. The zero-order chi connectivity index (χ0) is 15.6. The van der Waals surface area contributed by atoms with Gasteiger partial charge in [0.15, 0.2) is 0 Å². The average Bonchev–Trinajstić information content (AvgIpc) is 2.37. The Morgan fingerprint density at radius 2 is 2.00 bits per heavy atom. The van der Waals surface area contributed by atoms with Gasteiger partial charge in [0.25, 0.3) is 5.56 Å². The van der Waals surface area contributed by atoms with Crippen molar-refractivity contribution >= 4 is 0 Å². The van der Waals surface area contributed by atoms with E-state index in [9.17, 15) is 14.7 Å². The fraction of sp³-hybridized carbons (Fsp3) is 0.333. The van der Waals surface area contributed by atoms with Gasteiger partial charge in [-0.1, -0.05) is 29.8 Å². The molecular weight excluding hydrogens is 270 g/mol. The van der Waals surface area contributed by atoms with Crippen molar-refractivity contribution in [3.05, 3.63) is 50.7 Å². The Hall–Kier alpha value is -2.34. The van der Waals surface area contributed by atoms with Gasteiger partial charge in [0.05, 0.1) is 0 Å². The van der Waals surface area contributed by atoms with E-state index in [4.69, 9.17) is 0 Å². The van der Waals surface area contributed by atoms with Crippen LogP contribution in [0.4, 0.5) is 0 Å². The predicted molar refractivity (Wildman–Crippen MR) is 81.7 cm³/mol. The summed E-state index contributed by atoms with van der Waals surface area (Å²) in [5.74, 6) is -0.295. The molecule has 0 atom stereocenters. The van der Waals surface area contributed by atoms with Crippen LogP contribution in [0.5, 0.6) is 5.88 Å². The first kappa shape index (κ1) is 15.1. The molecule has 2 N–H and O–H groups in total. The number of aryl methyl sites for hydroxylation is 1. The van der Waals surface area contributed by atoms with Crippen LogP contribution in [-0.4, -0.2) is 40.2 Å². The van der Waals surface area contributed by atoms with Crippen LogP contribution in [0.1, 0.15) is 5.56 Å². The van der Waals surface area contributed by atoms with Crippen molar-refractivity contribution < 1.29 is 5.11 Å². The van der Waals surface area contributed by atoms with Crippen molar-refractivity contribution in [1.82, 2.24) is 14.5 Å². The van der Waals surface area contributed by atoms with Gasteiger partial charge in [-0.25, -0.2) is 4.79 Å². The number of aromatic nitrogens is 2. The van der Waals surface area contributed by atoms with E-state index in [-0.39, 0.29) is 11.4 Å². The Morgan fingerprint density at radius 1 is 1.29 bits per heavy atom. The molecule has 0 amide bonds. The molecule has 21 heavy (non-hydrogen) atoms. The van der Waals surface area contributed by atoms with Gasteiger partial charge in [-0.3, -0.25) is 14.3 Å². The quantitative estimate of drug-likeness (QED) is 0.872. The number of aromatic amines is 1. The number of nitrogens with zero attached hydrogens (tertiary/aromatic N) is 2. The zero-order valence-corrected chi connectivity index (χ0v) is 12.4. The Kier molecular flexibility index (Phi) is 4.28. The van der Waals surface area contributed by atoms with Crippen LogP contribution in [0.15, 0.2) is 33.9 Å². The van der Waals surface area contributed by atoms with Crippen molar-refractivity contribution in [2.45, 2.75) is 13.5 Å². The molecule has 6 heteroatoms. The molecule has 0 aliphatic heterocycles. The van der Waals surface area contributed by atoms with Gasteiger partial charge in [0.2, 0.25) is 5.88 Å². The van der Waals surface area contributed by atoms with Gasteiger partial charge in [-0.2, -0.15) is 0 Å². The number of rotatable bonds is 4. The number of likely N-dealkylation sites (N-methyl/N-ethyl adjacent to an activating group) is 1. The highest BCUT2D eigenvalue weighted by Crippen LogP contribution is 2.24. The van der Waals surface area contributed by atoms with E-state index in [1.165, 1.54) is 4.57 Å². The number of nitrogens with one attached hydrogen (secondary N) is 1. The summed E-state index contributed by atoms with van der Waals surface area (Å²) < 4.78 is 1.18. The maximum absolute atomic E-state index is 12.0. The van der Waals surface area contributed by atoms with E-state index in [1.807, 2.05) is 32.0 Å². The monoisotopic (exact) mass is 289 g/mol. The fourth-order valence-electron chi connectivity index (χ4n) is 2.13. The predicted octanol–water partition coefficient (Wildman–Crippen LogP) is 0.779. The molecule has 0 aliphatic carbocycles. The molecule has 6 nitrogen and oxygen atoms in total. The van der Waals surface area contributed by atoms with Crippen molar-refractivity contribution in [1.29, 1.82) is 0 Å². The molecule has 2 rings (SSSR count). The topological polar surface area (TPSA) is 78.3 Å². The van der Waals surface area contributed by atoms with Crippen LogP contribution in [0.2, 0.25) is 0 Å². The van der Waals surface area contributed by atoms with Gasteiger partial charge in [0.1, 0.15) is 5.56 Å². The SMILES string of the molecule is Cc1cccc(-c2c(O)n(CCN(C)C)c(=O)[nH]c2=O)c1. The maximum Gasteiger partial charge on any atom is 0.331 e. The Morgan fingerprint density at radius 3 is 2.62 bits per heavy atom. The summed E-state index contributed by atoms with van der Waals surface area (Å²) in [6.45, 7) is 2.77. The summed E-state index contributed by atoms with van der Waals surface area (Å²) in [6, 6.07) is 7.23. The molecule has 0 spiro atoms. The van der Waals surface area contributed by atoms with Crippen molar-refractivity contribution in [3.63, 3.8) is 0 Å². The second kappa shape index (κ2) is 5.97. The molecule has 0 aliphatic rings. The van der Waals surface area contributed by atoms with E-state index in [2.05, 4.69) is 4.98 Å². The summed E-state index contributed by atoms with van der Waals surface area (Å²) in [7, 11) is 3.74. The summed E-state index contributed by atoms with van der Waals surface area (Å²) in [4.78, 5) is 28.0. The molecule has 0 bridgehead atoms. The molecule has 0 unspecified atom stereocenters. The lowest BCUT2D eigenvalue weighted by Crippen LogP contribution is -2.33. The third-order valence-corrected chi connectivity index (χ3v) is 3.25. The van der Waals surface area contributed by atoms with Gasteiger partial charge in [-0.05, 0) is 26.6 Å². The van der Waals surface area contributed by atoms with E-state index in [1.54, 1.807) is 18.2 Å². The third kappa shape index (κ3) is 3.22. The highest BCUT2D eigenvalue weighted by molar-refractivity contribution is 5.67. The normalized spacial score (nSPS) is 11.0. The van der Waals surface area contributed by atoms with Crippen LogP contribution in [0, 0.1) is 6.92 Å². The molecule has 1 aromatic carbocycles. The van der Waals surface area contributed by atoms with Gasteiger partial charge >= 0.3 is 5.69 Å². The largest absolute Gasteiger partial charge is 0.494 e. The van der Waals surface area contributed by atoms with Crippen molar-refractivity contribution in [2.24, 2.45) is 0 Å². The molecular formula is C15H19N3O3. The first-order chi connectivity index (χ1) is 9.90. The number of hydrogen-bond acceptors (Lipinski definition) is 4. The van der Waals surface area contributed by atoms with Crippen molar-refractivity contribution in [2.75, 3.05) is 20.6 Å². The summed E-state index contributed by atoms with van der Waals surface area (Å²) in [5, 5.41) is 10.3. The Labute approximate surface area is 122 Å². The summed E-state index contributed by atoms with van der Waals surface area (Å²) in [6.07, 6.45) is 0. The molecule has 0 saturated heterocycles. The third-order valence-electron chi connectivity index (χ3n) is 3.25. The number of hydrogen-bond donors (Lipinski definition) is 2. The first-order valence-electron chi connectivity index (χ1n) is 6.68. The lowest BCUT2D eigenvalue weighted by molar-refractivity contribution is 0.347. The zero-order valence-electron chi connectivity index (χ0n) is 12.4. The van der Waals surface area contributed by atoms with Crippen LogP contribution in [0.25, 0.3) is 11.1 Å². The fourth-order valence-corrected chi connectivity index (χ4v) is 2.13. The number of aromatic hydroxyl groups is 1. The minimum Gasteiger partial charge on any atom is -0.494 e. The van der Waals surface area contributed by atoms with E-state index in [0.29, 0.717) is 18.7 Å².